The van der Waals surface area contributed by atoms with Crippen molar-refractivity contribution in [2.75, 3.05) is 24.2 Å². The van der Waals surface area contributed by atoms with Gasteiger partial charge in [0.25, 0.3) is 0 Å². The second-order valence-electron chi connectivity index (χ2n) is 8.22. The van der Waals surface area contributed by atoms with Crippen LogP contribution >= 0.6 is 23.2 Å². The van der Waals surface area contributed by atoms with Crippen LogP contribution < -0.4 is 14.4 Å². The van der Waals surface area contributed by atoms with Crippen LogP contribution in [0.15, 0.2) is 42.5 Å². The highest BCUT2D eigenvalue weighted by Crippen LogP contribution is 2.25. The molecule has 0 aromatic heterocycles. The number of ether oxygens (including phenoxy) is 1. The van der Waals surface area contributed by atoms with Gasteiger partial charge in [0.05, 0.1) is 19.1 Å². The van der Waals surface area contributed by atoms with Gasteiger partial charge in [-0.15, -0.1) is 0 Å². The molecule has 0 saturated carbocycles. The Morgan fingerprint density at radius 3 is 2.37 bits per heavy atom. The number of sulfonamides is 1. The molecule has 0 heterocycles. The smallest absolute Gasteiger partial charge is 0.244 e. The fourth-order valence-corrected chi connectivity index (χ4v) is 4.57. The highest BCUT2D eigenvalue weighted by molar-refractivity contribution is 7.92. The summed E-state index contributed by atoms with van der Waals surface area (Å²) in [5.41, 5.74) is 0.835. The minimum Gasteiger partial charge on any atom is -0.497 e. The van der Waals surface area contributed by atoms with Gasteiger partial charge in [-0.25, -0.2) is 8.42 Å². The number of nitrogens with one attached hydrogen (secondary N) is 1. The van der Waals surface area contributed by atoms with Crippen LogP contribution in [0.1, 0.15) is 32.8 Å². The minimum absolute atomic E-state index is 0.0142. The molecule has 11 heteroatoms. The van der Waals surface area contributed by atoms with Gasteiger partial charge in [0.2, 0.25) is 21.8 Å². The van der Waals surface area contributed by atoms with E-state index in [4.69, 9.17) is 27.9 Å². The molecule has 0 bridgehead atoms. The van der Waals surface area contributed by atoms with Crippen LogP contribution in [-0.4, -0.2) is 57.1 Å². The van der Waals surface area contributed by atoms with Crippen molar-refractivity contribution in [3.05, 3.63) is 58.1 Å². The molecule has 2 aromatic rings. The summed E-state index contributed by atoms with van der Waals surface area (Å²) in [6.45, 7) is 4.86. The lowest BCUT2D eigenvalue weighted by Gasteiger charge is -2.32. The zero-order chi connectivity index (χ0) is 26.3. The molecule has 8 nitrogen and oxygen atoms in total. The molecular weight excluding hydrogens is 513 g/mol. The van der Waals surface area contributed by atoms with Crippen molar-refractivity contribution in [2.45, 2.75) is 45.8 Å². The molecule has 0 aliphatic carbocycles. The largest absolute Gasteiger partial charge is 0.497 e. The molecule has 0 fully saturated rings. The number of amides is 2. The molecule has 2 rings (SSSR count). The number of hydrogen-bond acceptors (Lipinski definition) is 5. The summed E-state index contributed by atoms with van der Waals surface area (Å²) in [5, 5.41) is 3.63. The number of halogens is 2. The molecule has 35 heavy (non-hydrogen) atoms. The Morgan fingerprint density at radius 2 is 1.80 bits per heavy atom. The zero-order valence-electron chi connectivity index (χ0n) is 20.4. The van der Waals surface area contributed by atoms with Gasteiger partial charge < -0.3 is 15.0 Å². The SMILES string of the molecule is CC[C@@H](C)NC(=O)[C@H](C)N(Cc1ccc(Cl)cc1Cl)C(=O)CN(c1cccc(OC)c1)S(C)(=O)=O. The van der Waals surface area contributed by atoms with Crippen molar-refractivity contribution in [3.8, 4) is 5.75 Å². The molecule has 2 atom stereocenters. The van der Waals surface area contributed by atoms with E-state index >= 15 is 0 Å². The lowest BCUT2D eigenvalue weighted by atomic mass is 10.1. The zero-order valence-corrected chi connectivity index (χ0v) is 22.7. The second kappa shape index (κ2) is 12.5. The first-order valence-electron chi connectivity index (χ1n) is 11.0. The Kier molecular flexibility index (Phi) is 10.2. The van der Waals surface area contributed by atoms with Crippen LogP contribution in [-0.2, 0) is 26.2 Å². The number of rotatable bonds is 11. The Hall–Kier alpha value is -2.49. The van der Waals surface area contributed by atoms with Gasteiger partial charge in [0.15, 0.2) is 0 Å². The van der Waals surface area contributed by atoms with Crippen molar-refractivity contribution in [2.24, 2.45) is 0 Å². The van der Waals surface area contributed by atoms with E-state index in [1.807, 2.05) is 13.8 Å². The third-order valence-corrected chi connectivity index (χ3v) is 7.27. The van der Waals surface area contributed by atoms with E-state index in [1.54, 1.807) is 43.3 Å². The number of carbonyl (C=O) groups is 2. The first kappa shape index (κ1) is 28.7. The quantitative estimate of drug-likeness (QED) is 0.460. The second-order valence-corrected chi connectivity index (χ2v) is 11.0. The molecule has 0 saturated heterocycles. The molecule has 0 aliphatic heterocycles. The van der Waals surface area contributed by atoms with Gasteiger partial charge in [-0.05, 0) is 50.1 Å². The molecule has 192 valence electrons. The summed E-state index contributed by atoms with van der Waals surface area (Å²) >= 11 is 12.3. The Morgan fingerprint density at radius 1 is 1.11 bits per heavy atom. The van der Waals surface area contributed by atoms with E-state index in [0.717, 1.165) is 10.6 Å². The summed E-state index contributed by atoms with van der Waals surface area (Å²) in [7, 11) is -2.38. The standard InChI is InChI=1S/C24H31Cl2N3O5S/c1-6-16(2)27-24(31)17(3)28(14-18-10-11-19(25)12-22(18)26)23(30)15-29(35(5,32)33)20-8-7-9-21(13-20)34-4/h7-13,16-17H,6,14-15H2,1-5H3,(H,27,31)/t16-,17+/m1/s1. The van der Waals surface area contributed by atoms with Crippen molar-refractivity contribution < 1.29 is 22.7 Å². The van der Waals surface area contributed by atoms with E-state index in [0.29, 0.717) is 27.8 Å². The molecule has 0 spiro atoms. The van der Waals surface area contributed by atoms with Gasteiger partial charge in [-0.1, -0.05) is 42.3 Å². The highest BCUT2D eigenvalue weighted by Gasteiger charge is 2.31. The number of benzene rings is 2. The molecule has 1 N–H and O–H groups in total. The first-order chi connectivity index (χ1) is 16.4. The van der Waals surface area contributed by atoms with Crippen molar-refractivity contribution in [1.82, 2.24) is 10.2 Å². The summed E-state index contributed by atoms with van der Waals surface area (Å²) < 4.78 is 31.4. The number of nitrogens with zero attached hydrogens (tertiary/aromatic N) is 2. The molecule has 2 aromatic carbocycles. The van der Waals surface area contributed by atoms with Crippen LogP contribution in [0.25, 0.3) is 0 Å². The lowest BCUT2D eigenvalue weighted by Crippen LogP contribution is -2.52. The number of hydrogen-bond donors (Lipinski definition) is 1. The summed E-state index contributed by atoms with van der Waals surface area (Å²) in [4.78, 5) is 27.8. The van der Waals surface area contributed by atoms with E-state index in [9.17, 15) is 18.0 Å². The van der Waals surface area contributed by atoms with Gasteiger partial charge in [0.1, 0.15) is 18.3 Å². The van der Waals surface area contributed by atoms with Gasteiger partial charge in [0, 0.05) is 28.7 Å². The first-order valence-corrected chi connectivity index (χ1v) is 13.6. The van der Waals surface area contributed by atoms with E-state index in [-0.39, 0.29) is 24.2 Å². The maximum Gasteiger partial charge on any atom is 0.244 e. The van der Waals surface area contributed by atoms with Crippen LogP contribution in [0.5, 0.6) is 5.75 Å². The van der Waals surface area contributed by atoms with Crippen LogP contribution in [0.4, 0.5) is 5.69 Å². The minimum atomic E-state index is -3.84. The van der Waals surface area contributed by atoms with Gasteiger partial charge in [-0.3, -0.25) is 13.9 Å². The number of carbonyl (C=O) groups excluding carboxylic acids is 2. The van der Waals surface area contributed by atoms with E-state index in [2.05, 4.69) is 5.32 Å². The van der Waals surface area contributed by atoms with Crippen LogP contribution in [0.3, 0.4) is 0 Å². The highest BCUT2D eigenvalue weighted by atomic mass is 35.5. The fraction of sp³-hybridized carbons (Fsp3) is 0.417. The molecule has 2 amide bonds. The summed E-state index contributed by atoms with van der Waals surface area (Å²) in [6.07, 6.45) is 1.73. The summed E-state index contributed by atoms with van der Waals surface area (Å²) in [5.74, 6) is -0.490. The number of anilines is 1. The fourth-order valence-electron chi connectivity index (χ4n) is 3.26. The van der Waals surface area contributed by atoms with Crippen LogP contribution in [0, 0.1) is 0 Å². The third-order valence-electron chi connectivity index (χ3n) is 5.54. The predicted molar refractivity (Wildman–Crippen MR) is 140 cm³/mol. The predicted octanol–water partition coefficient (Wildman–Crippen LogP) is 4.10. The average Bonchev–Trinajstić information content (AvgIpc) is 2.80. The van der Waals surface area contributed by atoms with Crippen LogP contribution in [0.2, 0.25) is 10.0 Å². The molecular formula is C24H31Cl2N3O5S. The van der Waals surface area contributed by atoms with Crippen molar-refractivity contribution >= 4 is 50.7 Å². The Bertz CT molecular complexity index is 1160. The summed E-state index contributed by atoms with van der Waals surface area (Å²) in [6, 6.07) is 10.2. The van der Waals surface area contributed by atoms with Crippen molar-refractivity contribution in [1.29, 1.82) is 0 Å². The number of methoxy groups -OCH3 is 1. The molecule has 0 radical (unpaired) electrons. The normalized spacial score (nSPS) is 13.0. The lowest BCUT2D eigenvalue weighted by molar-refractivity contribution is -0.139. The van der Waals surface area contributed by atoms with Crippen molar-refractivity contribution in [3.63, 3.8) is 0 Å². The van der Waals surface area contributed by atoms with Gasteiger partial charge in [-0.2, -0.15) is 0 Å². The monoisotopic (exact) mass is 543 g/mol. The maximum absolute atomic E-state index is 13.6. The van der Waals surface area contributed by atoms with E-state index < -0.39 is 28.5 Å². The topological polar surface area (TPSA) is 96.0 Å². The Labute approximate surface area is 217 Å². The van der Waals surface area contributed by atoms with Gasteiger partial charge >= 0.3 is 0 Å². The molecule has 0 aliphatic rings. The third kappa shape index (κ3) is 8.02. The van der Waals surface area contributed by atoms with E-state index in [1.165, 1.54) is 18.1 Å². The Balaban J connectivity index is 2.43. The average molecular weight is 545 g/mol. The molecule has 0 unspecified atom stereocenters. The maximum atomic E-state index is 13.6.